The average Bonchev–Trinajstić information content (AvgIpc) is 3.39. The second-order valence-electron chi connectivity index (χ2n) is 8.62. The number of carbonyl (C=O) groups excluding carboxylic acids is 1. The smallest absolute Gasteiger partial charge is 0.258 e. The number of carbonyl (C=O) groups is 1. The van der Waals surface area contributed by atoms with Gasteiger partial charge in [-0.05, 0) is 69.3 Å². The number of hydrogen-bond donors (Lipinski definition) is 3. The van der Waals surface area contributed by atoms with Gasteiger partial charge in [-0.1, -0.05) is 6.92 Å². The highest BCUT2D eigenvalue weighted by Gasteiger charge is 2.20. The number of primary amides is 1. The zero-order valence-electron chi connectivity index (χ0n) is 20.2. The van der Waals surface area contributed by atoms with E-state index in [1.165, 1.54) is 10.4 Å². The van der Waals surface area contributed by atoms with Crippen molar-refractivity contribution in [1.29, 1.82) is 0 Å². The van der Waals surface area contributed by atoms with Crippen LogP contribution in [-0.4, -0.2) is 64.1 Å². The molecule has 3 aromatic rings. The Hall–Kier alpha value is -2.79. The van der Waals surface area contributed by atoms with Gasteiger partial charge in [0.2, 0.25) is 11.8 Å². The summed E-state index contributed by atoms with van der Waals surface area (Å²) >= 11 is 1.65. The van der Waals surface area contributed by atoms with Crippen molar-refractivity contribution in [3.05, 3.63) is 39.8 Å². The van der Waals surface area contributed by atoms with Crippen LogP contribution in [0.2, 0.25) is 0 Å². The highest BCUT2D eigenvalue weighted by molar-refractivity contribution is 7.15. The summed E-state index contributed by atoms with van der Waals surface area (Å²) in [6, 6.07) is 5.90. The van der Waals surface area contributed by atoms with Crippen molar-refractivity contribution in [3.8, 4) is 28.0 Å². The van der Waals surface area contributed by atoms with Crippen molar-refractivity contribution in [1.82, 2.24) is 15.1 Å². The van der Waals surface area contributed by atoms with Crippen LogP contribution in [-0.2, 0) is 17.8 Å². The molecule has 0 bridgehead atoms. The third kappa shape index (κ3) is 6.20. The molecule has 2 atom stereocenters. The van der Waals surface area contributed by atoms with Crippen molar-refractivity contribution >= 4 is 17.2 Å². The molecular weight excluding hydrogens is 456 g/mol. The minimum absolute atomic E-state index is 0.0742. The zero-order valence-corrected chi connectivity index (χ0v) is 21.0. The number of thiophene rings is 1. The summed E-state index contributed by atoms with van der Waals surface area (Å²) in [4.78, 5) is 15.3. The number of rotatable bonds is 11. The van der Waals surface area contributed by atoms with Gasteiger partial charge >= 0.3 is 0 Å². The summed E-state index contributed by atoms with van der Waals surface area (Å²) in [6.45, 7) is 6.76. The Kier molecular flexibility index (Phi) is 8.42. The Morgan fingerprint density at radius 3 is 2.53 bits per heavy atom. The first-order valence-corrected chi connectivity index (χ1v) is 11.9. The molecule has 0 saturated carbocycles. The lowest BCUT2D eigenvalue weighted by atomic mass is 10.0. The van der Waals surface area contributed by atoms with E-state index in [4.69, 9.17) is 14.9 Å². The van der Waals surface area contributed by atoms with Crippen LogP contribution in [0.1, 0.15) is 34.9 Å². The van der Waals surface area contributed by atoms with Gasteiger partial charge in [-0.2, -0.15) is 0 Å². The van der Waals surface area contributed by atoms with E-state index in [0.29, 0.717) is 24.0 Å². The molecular formula is C24H32N4O5S. The summed E-state index contributed by atoms with van der Waals surface area (Å²) in [5.74, 6) is 0.671. The second kappa shape index (κ2) is 11.1. The predicted molar refractivity (Wildman–Crippen MR) is 131 cm³/mol. The number of hydrogen-bond acceptors (Lipinski definition) is 9. The van der Waals surface area contributed by atoms with Gasteiger partial charge in [-0.3, -0.25) is 4.79 Å². The number of nitrogens with zero attached hydrogens (tertiary/aromatic N) is 3. The van der Waals surface area contributed by atoms with Crippen LogP contribution in [0.25, 0.3) is 22.2 Å². The van der Waals surface area contributed by atoms with Gasteiger partial charge < -0.3 is 30.0 Å². The average molecular weight is 489 g/mol. The van der Waals surface area contributed by atoms with Crippen molar-refractivity contribution in [3.63, 3.8) is 0 Å². The summed E-state index contributed by atoms with van der Waals surface area (Å²) in [5.41, 5.74) is 8.78. The molecule has 9 nitrogen and oxygen atoms in total. The molecule has 1 unspecified atom stereocenters. The minimum Gasteiger partial charge on any atom is -0.490 e. The summed E-state index contributed by atoms with van der Waals surface area (Å²) in [6.07, 6.45) is -1.94. The maximum Gasteiger partial charge on any atom is 0.258 e. The van der Waals surface area contributed by atoms with Crippen molar-refractivity contribution in [2.24, 2.45) is 5.73 Å². The van der Waals surface area contributed by atoms with Crippen molar-refractivity contribution in [2.75, 3.05) is 20.7 Å². The van der Waals surface area contributed by atoms with Crippen molar-refractivity contribution < 1.29 is 24.2 Å². The number of aryl methyl sites for hydroxylation is 3. The van der Waals surface area contributed by atoms with Gasteiger partial charge in [-0.25, -0.2) is 0 Å². The number of aromatic nitrogens is 2. The topological polar surface area (TPSA) is 135 Å². The third-order valence-electron chi connectivity index (χ3n) is 5.34. The molecule has 10 heteroatoms. The highest BCUT2D eigenvalue weighted by atomic mass is 32.1. The van der Waals surface area contributed by atoms with Crippen LogP contribution in [0, 0.1) is 13.8 Å². The Balaban J connectivity index is 1.78. The van der Waals surface area contributed by atoms with E-state index in [1.807, 2.05) is 40.1 Å². The van der Waals surface area contributed by atoms with Gasteiger partial charge in [0, 0.05) is 23.4 Å². The second-order valence-corrected chi connectivity index (χ2v) is 9.76. The van der Waals surface area contributed by atoms with Crippen LogP contribution >= 0.6 is 11.3 Å². The van der Waals surface area contributed by atoms with E-state index in [9.17, 15) is 15.0 Å². The van der Waals surface area contributed by atoms with Crippen molar-refractivity contribution in [2.45, 2.75) is 52.4 Å². The number of benzene rings is 1. The molecule has 0 spiro atoms. The lowest BCUT2D eigenvalue weighted by Gasteiger charge is -2.18. The molecule has 34 heavy (non-hydrogen) atoms. The van der Waals surface area contributed by atoms with Crippen LogP contribution in [0.5, 0.6) is 5.75 Å². The Morgan fingerprint density at radius 1 is 1.18 bits per heavy atom. The van der Waals surface area contributed by atoms with E-state index in [1.54, 1.807) is 11.3 Å². The standard InChI is InChI=1S/C24H32N4O5S/c1-6-15-9-16(7-14(3)21(15)32-12-17(29)10-18(30)22(25)31)23-26-27-24(33-23)19-8-13(2)20(34-19)11-28(4)5/h7-9,17-18,29-30H,6,10-12H2,1-5H3,(H2,25,31)/t17-,18?/m0/s1. The Bertz CT molecular complexity index is 1140. The Labute approximate surface area is 203 Å². The number of ether oxygens (including phenoxy) is 1. The molecule has 1 amide bonds. The van der Waals surface area contributed by atoms with Crippen LogP contribution < -0.4 is 10.5 Å². The lowest BCUT2D eigenvalue weighted by molar-refractivity contribution is -0.127. The normalized spacial score (nSPS) is 13.3. The lowest BCUT2D eigenvalue weighted by Crippen LogP contribution is -2.33. The van der Waals surface area contributed by atoms with Gasteiger partial charge in [0.1, 0.15) is 18.5 Å². The molecule has 2 heterocycles. The van der Waals surface area contributed by atoms with Gasteiger partial charge in [0.15, 0.2) is 0 Å². The first-order chi connectivity index (χ1) is 16.1. The maximum absolute atomic E-state index is 11.0. The fourth-order valence-corrected chi connectivity index (χ4v) is 4.78. The van der Waals surface area contributed by atoms with Crippen LogP contribution in [0.15, 0.2) is 22.6 Å². The van der Waals surface area contributed by atoms with E-state index >= 15 is 0 Å². The number of aliphatic hydroxyl groups excluding tert-OH is 2. The molecule has 2 aromatic heterocycles. The third-order valence-corrected chi connectivity index (χ3v) is 6.55. The molecule has 0 fully saturated rings. The van der Waals surface area contributed by atoms with Gasteiger partial charge in [-0.15, -0.1) is 21.5 Å². The molecule has 3 rings (SSSR count). The highest BCUT2D eigenvalue weighted by Crippen LogP contribution is 2.35. The summed E-state index contributed by atoms with van der Waals surface area (Å²) in [7, 11) is 4.08. The fraction of sp³-hybridized carbons (Fsp3) is 0.458. The van der Waals surface area contributed by atoms with E-state index in [0.717, 1.165) is 28.1 Å². The zero-order chi connectivity index (χ0) is 25.0. The van der Waals surface area contributed by atoms with Gasteiger partial charge in [0.25, 0.3) is 5.89 Å². The molecule has 0 radical (unpaired) electrons. The Morgan fingerprint density at radius 2 is 1.88 bits per heavy atom. The predicted octanol–water partition coefficient (Wildman–Crippen LogP) is 2.68. The quantitative estimate of drug-likeness (QED) is 0.375. The van der Waals surface area contributed by atoms with Gasteiger partial charge in [0.05, 0.1) is 11.0 Å². The number of aliphatic hydroxyl groups is 2. The van der Waals surface area contributed by atoms with E-state index in [2.05, 4.69) is 28.1 Å². The van der Waals surface area contributed by atoms with E-state index < -0.39 is 18.1 Å². The maximum atomic E-state index is 11.0. The van der Waals surface area contributed by atoms with Crippen LogP contribution in [0.3, 0.4) is 0 Å². The minimum atomic E-state index is -1.41. The molecule has 0 saturated heterocycles. The van der Waals surface area contributed by atoms with E-state index in [-0.39, 0.29) is 13.0 Å². The summed E-state index contributed by atoms with van der Waals surface area (Å²) in [5, 5.41) is 28.1. The monoisotopic (exact) mass is 488 g/mol. The molecule has 0 aliphatic heterocycles. The molecule has 0 aliphatic rings. The van der Waals surface area contributed by atoms with Crippen LogP contribution in [0.4, 0.5) is 0 Å². The molecule has 184 valence electrons. The first-order valence-electron chi connectivity index (χ1n) is 11.1. The number of nitrogens with two attached hydrogens (primary N) is 1. The SMILES string of the molecule is CCc1cc(-c2nnc(-c3cc(C)c(CN(C)C)s3)o2)cc(C)c1OC[C@@H](O)CC(O)C(N)=O. The fourth-order valence-electron chi connectivity index (χ4n) is 3.57. The summed E-state index contributed by atoms with van der Waals surface area (Å²) < 4.78 is 11.8. The number of amides is 1. The molecule has 1 aromatic carbocycles. The molecule has 0 aliphatic carbocycles. The molecule has 4 N–H and O–H groups in total. The largest absolute Gasteiger partial charge is 0.490 e. The first kappa shape index (κ1) is 25.8.